The minimum Gasteiger partial charge on any atom is -0.486 e. The second-order valence-electron chi connectivity index (χ2n) is 6.60. The van der Waals surface area contributed by atoms with Crippen molar-refractivity contribution in [1.82, 2.24) is 15.1 Å². The molecule has 0 radical (unpaired) electrons. The summed E-state index contributed by atoms with van der Waals surface area (Å²) in [6.45, 7) is 0.892. The fourth-order valence-electron chi connectivity index (χ4n) is 3.57. The van der Waals surface area contributed by atoms with Crippen molar-refractivity contribution in [3.8, 4) is 5.75 Å². The van der Waals surface area contributed by atoms with Gasteiger partial charge in [-0.05, 0) is 42.4 Å². The summed E-state index contributed by atoms with van der Waals surface area (Å²) < 4.78 is 6.33. The summed E-state index contributed by atoms with van der Waals surface area (Å²) in [4.78, 5) is 2.30. The second-order valence-corrected chi connectivity index (χ2v) is 6.60. The third-order valence-corrected chi connectivity index (χ3v) is 4.83. The number of benzene rings is 2. The van der Waals surface area contributed by atoms with E-state index in [-0.39, 0.29) is 12.1 Å². The first kappa shape index (κ1) is 16.5. The monoisotopic (exact) mass is 346 g/mol. The number of rotatable bonds is 3. The summed E-state index contributed by atoms with van der Waals surface area (Å²) in [5, 5.41) is 8.39. The lowest BCUT2D eigenvalue weighted by Crippen LogP contribution is -2.26. The van der Waals surface area contributed by atoms with Crippen LogP contribution in [0.5, 0.6) is 5.75 Å². The van der Waals surface area contributed by atoms with Gasteiger partial charge in [0, 0.05) is 13.0 Å². The second kappa shape index (κ2) is 7.14. The summed E-state index contributed by atoms with van der Waals surface area (Å²) >= 11 is 0. The zero-order valence-electron chi connectivity index (χ0n) is 14.7. The van der Waals surface area contributed by atoms with Crippen molar-refractivity contribution >= 4 is 5.82 Å². The Morgan fingerprint density at radius 3 is 2.38 bits per heavy atom. The molecule has 2 heterocycles. The van der Waals surface area contributed by atoms with E-state index in [1.807, 2.05) is 42.5 Å². The lowest BCUT2D eigenvalue weighted by molar-refractivity contribution is 0.178. The van der Waals surface area contributed by atoms with Crippen molar-refractivity contribution in [1.29, 1.82) is 0 Å². The summed E-state index contributed by atoms with van der Waals surface area (Å²) in [5.41, 5.74) is 9.01. The van der Waals surface area contributed by atoms with E-state index >= 15 is 0 Å². The molecule has 1 aliphatic heterocycles. The maximum absolute atomic E-state index is 6.33. The van der Waals surface area contributed by atoms with Crippen LogP contribution in [0, 0.1) is 0 Å². The predicted octanol–water partition coefficient (Wildman–Crippen LogP) is 3.60. The first-order valence-corrected chi connectivity index (χ1v) is 8.82. The van der Waals surface area contributed by atoms with Crippen LogP contribution in [0.1, 0.15) is 35.4 Å². The van der Waals surface area contributed by atoms with Crippen LogP contribution in [0.4, 0.5) is 5.82 Å². The van der Waals surface area contributed by atoms with Gasteiger partial charge in [-0.25, -0.2) is 0 Å². The summed E-state index contributed by atoms with van der Waals surface area (Å²) in [7, 11) is 2.12. The Labute approximate surface area is 153 Å². The highest BCUT2D eigenvalue weighted by Gasteiger charge is 2.31. The maximum Gasteiger partial charge on any atom is 0.146 e. The Morgan fingerprint density at radius 2 is 1.65 bits per heavy atom. The SMILES string of the molecule is CN1CCC(Oc2ccccc2)c2ccccc2C1c1ccc(N)nn1. The number of nitrogen functional groups attached to an aromatic ring is 1. The maximum atomic E-state index is 6.33. The Hall–Kier alpha value is -2.92. The molecule has 0 saturated carbocycles. The van der Waals surface area contributed by atoms with Gasteiger partial charge in [-0.2, -0.15) is 5.10 Å². The predicted molar refractivity (Wildman–Crippen MR) is 102 cm³/mol. The molecule has 2 aromatic carbocycles. The van der Waals surface area contributed by atoms with Crippen LogP contribution < -0.4 is 10.5 Å². The van der Waals surface area contributed by atoms with E-state index < -0.39 is 0 Å². The number of aromatic nitrogens is 2. The minimum absolute atomic E-state index is 0.00258. The van der Waals surface area contributed by atoms with Crippen molar-refractivity contribution in [2.24, 2.45) is 0 Å². The molecule has 2 unspecified atom stereocenters. The smallest absolute Gasteiger partial charge is 0.146 e. The highest BCUT2D eigenvalue weighted by Crippen LogP contribution is 2.38. The van der Waals surface area contributed by atoms with Crippen molar-refractivity contribution in [3.63, 3.8) is 0 Å². The normalized spacial score (nSPS) is 20.2. The lowest BCUT2D eigenvalue weighted by Gasteiger charge is -2.26. The van der Waals surface area contributed by atoms with E-state index in [1.54, 1.807) is 0 Å². The first-order valence-electron chi connectivity index (χ1n) is 8.82. The summed E-state index contributed by atoms with van der Waals surface area (Å²) in [5.74, 6) is 1.32. The molecule has 2 atom stereocenters. The molecule has 3 aromatic rings. The van der Waals surface area contributed by atoms with E-state index in [9.17, 15) is 0 Å². The van der Waals surface area contributed by atoms with Crippen molar-refractivity contribution in [3.05, 3.63) is 83.6 Å². The molecule has 1 aromatic heterocycles. The highest BCUT2D eigenvalue weighted by molar-refractivity contribution is 5.39. The molecular weight excluding hydrogens is 324 g/mol. The zero-order chi connectivity index (χ0) is 17.9. The van der Waals surface area contributed by atoms with Crippen LogP contribution in [0.15, 0.2) is 66.7 Å². The van der Waals surface area contributed by atoms with E-state index in [2.05, 4.69) is 46.4 Å². The molecule has 0 aliphatic carbocycles. The van der Waals surface area contributed by atoms with Crippen LogP contribution in [-0.2, 0) is 0 Å². The highest BCUT2D eigenvalue weighted by atomic mass is 16.5. The van der Waals surface area contributed by atoms with Gasteiger partial charge in [-0.15, -0.1) is 5.10 Å². The van der Waals surface area contributed by atoms with E-state index in [1.165, 1.54) is 11.1 Å². The van der Waals surface area contributed by atoms with E-state index in [4.69, 9.17) is 10.5 Å². The van der Waals surface area contributed by atoms with Crippen LogP contribution in [0.25, 0.3) is 0 Å². The third-order valence-electron chi connectivity index (χ3n) is 4.83. The molecule has 2 N–H and O–H groups in total. The number of hydrogen-bond donors (Lipinski definition) is 1. The van der Waals surface area contributed by atoms with Crippen molar-refractivity contribution in [2.45, 2.75) is 18.6 Å². The van der Waals surface area contributed by atoms with E-state index in [0.29, 0.717) is 5.82 Å². The molecule has 0 saturated heterocycles. The van der Waals surface area contributed by atoms with Gasteiger partial charge in [0.15, 0.2) is 0 Å². The van der Waals surface area contributed by atoms with Gasteiger partial charge in [-0.1, -0.05) is 42.5 Å². The Kier molecular flexibility index (Phi) is 4.54. The Bertz CT molecular complexity index is 867. The van der Waals surface area contributed by atoms with Crippen LogP contribution in [0.3, 0.4) is 0 Å². The molecule has 132 valence electrons. The van der Waals surface area contributed by atoms with Gasteiger partial charge >= 0.3 is 0 Å². The molecule has 0 bridgehead atoms. The van der Waals surface area contributed by atoms with Crippen LogP contribution in [-0.4, -0.2) is 28.7 Å². The Balaban J connectivity index is 1.74. The van der Waals surface area contributed by atoms with E-state index in [0.717, 1.165) is 24.4 Å². The zero-order valence-corrected chi connectivity index (χ0v) is 14.7. The van der Waals surface area contributed by atoms with Gasteiger partial charge in [0.05, 0.1) is 11.7 Å². The average Bonchev–Trinajstić information content (AvgIpc) is 2.81. The third kappa shape index (κ3) is 3.26. The fourth-order valence-corrected chi connectivity index (χ4v) is 3.57. The molecule has 26 heavy (non-hydrogen) atoms. The molecule has 4 rings (SSSR count). The number of para-hydroxylation sites is 1. The first-order chi connectivity index (χ1) is 12.7. The molecule has 0 fully saturated rings. The molecular formula is C21H22N4O. The number of nitrogens with zero attached hydrogens (tertiary/aromatic N) is 3. The molecule has 0 spiro atoms. The lowest BCUT2D eigenvalue weighted by atomic mass is 9.95. The van der Waals surface area contributed by atoms with Gasteiger partial charge in [0.1, 0.15) is 17.7 Å². The number of fused-ring (bicyclic) bond motifs is 1. The summed E-state index contributed by atoms with van der Waals surface area (Å²) in [6.07, 6.45) is 0.907. The van der Waals surface area contributed by atoms with Crippen LogP contribution in [0.2, 0.25) is 0 Å². The van der Waals surface area contributed by atoms with Gasteiger partial charge in [0.2, 0.25) is 0 Å². The van der Waals surface area contributed by atoms with Crippen LogP contribution >= 0.6 is 0 Å². The molecule has 1 aliphatic rings. The van der Waals surface area contributed by atoms with Crippen molar-refractivity contribution < 1.29 is 4.74 Å². The fraction of sp³-hybridized carbons (Fsp3) is 0.238. The summed E-state index contributed by atoms with van der Waals surface area (Å²) in [6, 6.07) is 22.2. The minimum atomic E-state index is 0.00258. The van der Waals surface area contributed by atoms with Gasteiger partial charge in [-0.3, -0.25) is 4.90 Å². The Morgan fingerprint density at radius 1 is 0.923 bits per heavy atom. The average molecular weight is 346 g/mol. The van der Waals surface area contributed by atoms with Gasteiger partial charge in [0.25, 0.3) is 0 Å². The number of nitrogens with two attached hydrogens (primary N) is 1. The van der Waals surface area contributed by atoms with Gasteiger partial charge < -0.3 is 10.5 Å². The standard InChI is InChI=1S/C21H22N4O/c1-25-14-13-19(26-15-7-3-2-4-8-15)16-9-5-6-10-17(16)21(25)18-11-12-20(22)24-23-18/h2-12,19,21H,13-14H2,1H3,(H2,22,24). The number of anilines is 1. The molecule has 5 nitrogen and oxygen atoms in total. The molecule has 0 amide bonds. The number of ether oxygens (including phenoxy) is 1. The quantitative estimate of drug-likeness (QED) is 0.785. The van der Waals surface area contributed by atoms with Crippen molar-refractivity contribution in [2.75, 3.05) is 19.3 Å². The molecule has 5 heteroatoms. The number of hydrogen-bond acceptors (Lipinski definition) is 5. The largest absolute Gasteiger partial charge is 0.486 e. The topological polar surface area (TPSA) is 64.3 Å².